The van der Waals surface area contributed by atoms with Crippen LogP contribution >= 0.6 is 12.6 Å². The Kier molecular flexibility index (Phi) is 5.08. The van der Waals surface area contributed by atoms with Crippen LogP contribution in [0.25, 0.3) is 0 Å². The van der Waals surface area contributed by atoms with E-state index in [-0.39, 0.29) is 0 Å². The van der Waals surface area contributed by atoms with Crippen LogP contribution in [0.2, 0.25) is 0 Å². The molecule has 0 aliphatic heterocycles. The lowest BCUT2D eigenvalue weighted by Gasteiger charge is -2.09. The SMILES string of the molecule is CCCCOCC1CCC(S)C1. The van der Waals surface area contributed by atoms with Crippen LogP contribution in [0.15, 0.2) is 0 Å². The summed E-state index contributed by atoms with van der Waals surface area (Å²) >= 11 is 4.46. The van der Waals surface area contributed by atoms with Gasteiger partial charge in [0, 0.05) is 18.5 Å². The topological polar surface area (TPSA) is 9.23 Å². The molecule has 0 N–H and O–H groups in total. The number of hydrogen-bond donors (Lipinski definition) is 1. The summed E-state index contributed by atoms with van der Waals surface area (Å²) in [5.74, 6) is 0.796. The van der Waals surface area contributed by atoms with Crippen LogP contribution in [0.5, 0.6) is 0 Å². The third kappa shape index (κ3) is 3.81. The van der Waals surface area contributed by atoms with Gasteiger partial charge in [0.05, 0.1) is 0 Å². The van der Waals surface area contributed by atoms with Crippen molar-refractivity contribution in [2.24, 2.45) is 5.92 Å². The van der Waals surface area contributed by atoms with E-state index in [0.29, 0.717) is 5.25 Å². The molecule has 0 heterocycles. The van der Waals surface area contributed by atoms with E-state index < -0.39 is 0 Å². The lowest BCUT2D eigenvalue weighted by molar-refractivity contribution is 0.0991. The first kappa shape index (κ1) is 10.4. The maximum Gasteiger partial charge on any atom is 0.0494 e. The minimum Gasteiger partial charge on any atom is -0.381 e. The van der Waals surface area contributed by atoms with Crippen LogP contribution in [-0.4, -0.2) is 18.5 Å². The van der Waals surface area contributed by atoms with Crippen LogP contribution in [0, 0.1) is 5.92 Å². The molecule has 1 saturated carbocycles. The van der Waals surface area contributed by atoms with Crippen molar-refractivity contribution in [2.75, 3.05) is 13.2 Å². The Morgan fingerprint density at radius 1 is 1.42 bits per heavy atom. The molecule has 0 amide bonds. The quantitative estimate of drug-likeness (QED) is 0.515. The van der Waals surface area contributed by atoms with Crippen molar-refractivity contribution in [3.05, 3.63) is 0 Å². The lowest BCUT2D eigenvalue weighted by Crippen LogP contribution is -2.07. The van der Waals surface area contributed by atoms with Crippen molar-refractivity contribution in [1.29, 1.82) is 0 Å². The summed E-state index contributed by atoms with van der Waals surface area (Å²) in [6, 6.07) is 0. The fraction of sp³-hybridized carbons (Fsp3) is 1.00. The number of rotatable bonds is 5. The normalized spacial score (nSPS) is 29.5. The third-order valence-electron chi connectivity index (χ3n) is 2.51. The molecular weight excluding hydrogens is 168 g/mol. The zero-order valence-corrected chi connectivity index (χ0v) is 8.85. The first-order valence-corrected chi connectivity index (χ1v) is 5.60. The maximum atomic E-state index is 5.57. The van der Waals surface area contributed by atoms with Gasteiger partial charge >= 0.3 is 0 Å². The largest absolute Gasteiger partial charge is 0.381 e. The van der Waals surface area contributed by atoms with Crippen LogP contribution < -0.4 is 0 Å². The van der Waals surface area contributed by atoms with Gasteiger partial charge in [0.15, 0.2) is 0 Å². The third-order valence-corrected chi connectivity index (χ3v) is 2.98. The highest BCUT2D eigenvalue weighted by atomic mass is 32.1. The summed E-state index contributed by atoms with van der Waals surface area (Å²) in [4.78, 5) is 0. The average Bonchev–Trinajstić information content (AvgIpc) is 2.45. The number of thiol groups is 1. The molecule has 0 spiro atoms. The van der Waals surface area contributed by atoms with Crippen molar-refractivity contribution in [1.82, 2.24) is 0 Å². The second-order valence-electron chi connectivity index (χ2n) is 3.76. The van der Waals surface area contributed by atoms with Gasteiger partial charge in [-0.3, -0.25) is 0 Å². The number of unbranched alkanes of at least 4 members (excludes halogenated alkanes) is 1. The molecule has 2 heteroatoms. The second kappa shape index (κ2) is 5.87. The van der Waals surface area contributed by atoms with E-state index in [2.05, 4.69) is 19.6 Å². The number of hydrogen-bond acceptors (Lipinski definition) is 2. The smallest absolute Gasteiger partial charge is 0.0494 e. The van der Waals surface area contributed by atoms with Crippen molar-refractivity contribution in [2.45, 2.75) is 44.3 Å². The Morgan fingerprint density at radius 2 is 2.25 bits per heavy atom. The predicted octanol–water partition coefficient (Wildman–Crippen LogP) is 2.90. The first-order chi connectivity index (χ1) is 5.83. The van der Waals surface area contributed by atoms with Crippen molar-refractivity contribution in [3.8, 4) is 0 Å². The van der Waals surface area contributed by atoms with Gasteiger partial charge in [-0.1, -0.05) is 13.3 Å². The molecule has 0 aromatic rings. The minimum atomic E-state index is 0.643. The summed E-state index contributed by atoms with van der Waals surface area (Å²) in [6.45, 7) is 4.12. The van der Waals surface area contributed by atoms with E-state index in [9.17, 15) is 0 Å². The molecule has 1 aliphatic carbocycles. The summed E-state index contributed by atoms with van der Waals surface area (Å²) in [5.41, 5.74) is 0. The van der Waals surface area contributed by atoms with Gasteiger partial charge in [0.2, 0.25) is 0 Å². The van der Waals surface area contributed by atoms with E-state index in [1.807, 2.05) is 0 Å². The predicted molar refractivity (Wildman–Crippen MR) is 55.8 cm³/mol. The van der Waals surface area contributed by atoms with Gasteiger partial charge < -0.3 is 4.74 Å². The van der Waals surface area contributed by atoms with E-state index in [4.69, 9.17) is 4.74 Å². The monoisotopic (exact) mass is 188 g/mol. The molecule has 1 fully saturated rings. The van der Waals surface area contributed by atoms with Crippen LogP contribution in [-0.2, 0) is 4.74 Å². The fourth-order valence-electron chi connectivity index (χ4n) is 1.70. The molecule has 2 unspecified atom stereocenters. The summed E-state index contributed by atoms with van der Waals surface area (Å²) < 4.78 is 5.57. The van der Waals surface area contributed by atoms with Gasteiger partial charge in [-0.2, -0.15) is 12.6 Å². The minimum absolute atomic E-state index is 0.643. The fourth-order valence-corrected chi connectivity index (χ4v) is 2.14. The maximum absolute atomic E-state index is 5.57. The van der Waals surface area contributed by atoms with Gasteiger partial charge in [-0.25, -0.2) is 0 Å². The van der Waals surface area contributed by atoms with E-state index in [0.717, 1.165) is 19.1 Å². The highest BCUT2D eigenvalue weighted by molar-refractivity contribution is 7.80. The van der Waals surface area contributed by atoms with Crippen LogP contribution in [0.1, 0.15) is 39.0 Å². The number of ether oxygens (including phenoxy) is 1. The lowest BCUT2D eigenvalue weighted by atomic mass is 10.1. The molecule has 1 nitrogen and oxygen atoms in total. The Hall–Kier alpha value is 0.310. The van der Waals surface area contributed by atoms with Crippen LogP contribution in [0.3, 0.4) is 0 Å². The van der Waals surface area contributed by atoms with Crippen molar-refractivity contribution < 1.29 is 4.74 Å². The summed E-state index contributed by atoms with van der Waals surface area (Å²) in [6.07, 6.45) is 6.30. The Labute approximate surface area is 81.3 Å². The van der Waals surface area contributed by atoms with Crippen molar-refractivity contribution in [3.63, 3.8) is 0 Å². The molecule has 0 aromatic carbocycles. The molecule has 2 atom stereocenters. The summed E-state index contributed by atoms with van der Waals surface area (Å²) in [5, 5.41) is 0.643. The molecule has 0 aromatic heterocycles. The Bertz CT molecular complexity index is 116. The van der Waals surface area contributed by atoms with E-state index in [1.54, 1.807) is 0 Å². The molecule has 12 heavy (non-hydrogen) atoms. The Morgan fingerprint density at radius 3 is 2.83 bits per heavy atom. The van der Waals surface area contributed by atoms with Crippen molar-refractivity contribution >= 4 is 12.6 Å². The standard InChI is InChI=1S/C10H20OS/c1-2-3-6-11-8-9-4-5-10(12)7-9/h9-10,12H,2-8H2,1H3. The molecule has 72 valence electrons. The van der Waals surface area contributed by atoms with Crippen LogP contribution in [0.4, 0.5) is 0 Å². The summed E-state index contributed by atoms with van der Waals surface area (Å²) in [7, 11) is 0. The molecule has 0 bridgehead atoms. The van der Waals surface area contributed by atoms with Gasteiger partial charge in [-0.05, 0) is 31.6 Å². The van der Waals surface area contributed by atoms with Gasteiger partial charge in [-0.15, -0.1) is 0 Å². The molecule has 1 rings (SSSR count). The molecular formula is C10H20OS. The highest BCUT2D eigenvalue weighted by Crippen LogP contribution is 2.29. The molecule has 0 radical (unpaired) electrons. The van der Waals surface area contributed by atoms with E-state index in [1.165, 1.54) is 32.1 Å². The van der Waals surface area contributed by atoms with Gasteiger partial charge in [0.1, 0.15) is 0 Å². The first-order valence-electron chi connectivity index (χ1n) is 5.08. The zero-order chi connectivity index (χ0) is 8.81. The average molecular weight is 188 g/mol. The Balaban J connectivity index is 1.93. The second-order valence-corrected chi connectivity index (χ2v) is 4.49. The van der Waals surface area contributed by atoms with E-state index >= 15 is 0 Å². The van der Waals surface area contributed by atoms with Gasteiger partial charge in [0.25, 0.3) is 0 Å². The highest BCUT2D eigenvalue weighted by Gasteiger charge is 2.21. The molecule has 0 saturated heterocycles. The molecule has 1 aliphatic rings. The zero-order valence-electron chi connectivity index (χ0n) is 7.96.